The molecule has 0 aliphatic carbocycles. The van der Waals surface area contributed by atoms with E-state index in [2.05, 4.69) is 10.6 Å². The number of nitriles is 1. The molecule has 0 atom stereocenters. The van der Waals surface area contributed by atoms with Crippen molar-refractivity contribution in [2.75, 3.05) is 11.9 Å². The van der Waals surface area contributed by atoms with Crippen LogP contribution in [-0.4, -0.2) is 18.2 Å². The van der Waals surface area contributed by atoms with E-state index in [1.807, 2.05) is 30.3 Å². The second-order valence-electron chi connectivity index (χ2n) is 5.59. The van der Waals surface area contributed by atoms with Crippen LogP contribution < -0.4 is 10.6 Å². The van der Waals surface area contributed by atoms with Gasteiger partial charge in [-0.1, -0.05) is 23.7 Å². The second kappa shape index (κ2) is 9.40. The number of Topliss-reactive ketones (excluding diaryl/α,β-unsaturated/α-hetero) is 1. The lowest BCUT2D eigenvalue weighted by molar-refractivity contribution is -0.112. The van der Waals surface area contributed by atoms with Crippen molar-refractivity contribution in [3.63, 3.8) is 0 Å². The van der Waals surface area contributed by atoms with Gasteiger partial charge in [-0.3, -0.25) is 9.59 Å². The summed E-state index contributed by atoms with van der Waals surface area (Å²) in [7, 11) is 0. The summed E-state index contributed by atoms with van der Waals surface area (Å²) in [5, 5.41) is 15.4. The molecular weight excluding hydrogens is 350 g/mol. The van der Waals surface area contributed by atoms with Gasteiger partial charge in [0.05, 0.1) is 0 Å². The molecule has 5 nitrogen and oxygen atoms in total. The minimum absolute atomic E-state index is 0.0308. The topological polar surface area (TPSA) is 82.0 Å². The van der Waals surface area contributed by atoms with Crippen LogP contribution in [0.1, 0.15) is 22.8 Å². The van der Waals surface area contributed by atoms with Crippen LogP contribution in [0.15, 0.2) is 60.3 Å². The highest BCUT2D eigenvalue weighted by Crippen LogP contribution is 2.11. The number of benzene rings is 2. The lowest BCUT2D eigenvalue weighted by atomic mass is 10.1. The fraction of sp³-hybridized carbons (Fsp3) is 0.150. The number of rotatable bonds is 7. The fourth-order valence-electron chi connectivity index (χ4n) is 2.18. The van der Waals surface area contributed by atoms with E-state index in [0.717, 1.165) is 12.0 Å². The van der Waals surface area contributed by atoms with Crippen LogP contribution in [0.25, 0.3) is 0 Å². The van der Waals surface area contributed by atoms with E-state index in [0.29, 0.717) is 22.8 Å². The van der Waals surface area contributed by atoms with Crippen LogP contribution >= 0.6 is 11.6 Å². The van der Waals surface area contributed by atoms with Crippen LogP contribution in [0.5, 0.6) is 0 Å². The first-order chi connectivity index (χ1) is 12.5. The van der Waals surface area contributed by atoms with E-state index in [-0.39, 0.29) is 11.4 Å². The molecule has 2 aromatic rings. The summed E-state index contributed by atoms with van der Waals surface area (Å²) in [6.45, 7) is 2.05. The fourth-order valence-corrected chi connectivity index (χ4v) is 2.30. The monoisotopic (exact) mass is 367 g/mol. The Balaban J connectivity index is 1.88. The summed E-state index contributed by atoms with van der Waals surface area (Å²) in [6.07, 6.45) is 2.13. The van der Waals surface area contributed by atoms with Crippen LogP contribution in [0.4, 0.5) is 5.69 Å². The van der Waals surface area contributed by atoms with Crippen molar-refractivity contribution >= 4 is 29.0 Å². The predicted molar refractivity (Wildman–Crippen MR) is 102 cm³/mol. The molecule has 1 amide bonds. The zero-order valence-corrected chi connectivity index (χ0v) is 15.0. The van der Waals surface area contributed by atoms with Gasteiger partial charge in [0, 0.05) is 29.0 Å². The molecule has 0 aliphatic heterocycles. The van der Waals surface area contributed by atoms with Gasteiger partial charge in [-0.25, -0.2) is 0 Å². The average Bonchev–Trinajstić information content (AvgIpc) is 2.63. The van der Waals surface area contributed by atoms with Gasteiger partial charge in [-0.2, -0.15) is 5.26 Å². The molecule has 0 aliphatic rings. The van der Waals surface area contributed by atoms with Gasteiger partial charge in [0.15, 0.2) is 5.78 Å². The highest BCUT2D eigenvalue weighted by molar-refractivity contribution is 6.30. The molecule has 0 fully saturated rings. The number of carbonyl (C=O) groups excluding carboxylic acids is 2. The molecule has 132 valence electrons. The first-order valence-corrected chi connectivity index (χ1v) is 8.38. The third kappa shape index (κ3) is 5.76. The van der Waals surface area contributed by atoms with Gasteiger partial charge in [0.25, 0.3) is 5.91 Å². The largest absolute Gasteiger partial charge is 0.389 e. The summed E-state index contributed by atoms with van der Waals surface area (Å²) >= 11 is 5.84. The van der Waals surface area contributed by atoms with E-state index in [4.69, 9.17) is 16.9 Å². The Morgan fingerprint density at radius 1 is 1.12 bits per heavy atom. The third-order valence-corrected chi connectivity index (χ3v) is 3.88. The second-order valence-corrected chi connectivity index (χ2v) is 6.02. The van der Waals surface area contributed by atoms with Gasteiger partial charge < -0.3 is 10.6 Å². The zero-order chi connectivity index (χ0) is 18.9. The first-order valence-electron chi connectivity index (χ1n) is 8.00. The number of hydrogen-bond donors (Lipinski definition) is 2. The summed E-state index contributed by atoms with van der Waals surface area (Å²) in [4.78, 5) is 23.4. The van der Waals surface area contributed by atoms with Crippen LogP contribution in [0.2, 0.25) is 5.02 Å². The summed E-state index contributed by atoms with van der Waals surface area (Å²) in [5.74, 6) is -0.563. The molecule has 0 spiro atoms. The molecule has 0 radical (unpaired) electrons. The molecule has 2 aromatic carbocycles. The maximum absolute atomic E-state index is 12.1. The standard InChI is InChI=1S/C20H18ClN3O2/c1-14(25)16-4-8-19(9-5-16)24-20(26)17(12-22)13-23-11-10-15-2-6-18(21)7-3-15/h2-9,13,23H,10-11H2,1H3,(H,24,26)/b17-13-. The number of hydrogen-bond acceptors (Lipinski definition) is 4. The van der Waals surface area contributed by atoms with Crippen molar-refractivity contribution in [2.24, 2.45) is 0 Å². The Bertz CT molecular complexity index is 850. The number of ketones is 1. The number of nitrogens with zero attached hydrogens (tertiary/aromatic N) is 1. The third-order valence-electron chi connectivity index (χ3n) is 3.63. The minimum atomic E-state index is -0.512. The summed E-state index contributed by atoms with van der Waals surface area (Å²) < 4.78 is 0. The van der Waals surface area contributed by atoms with Gasteiger partial charge in [-0.05, 0) is 55.3 Å². The Kier molecular flexibility index (Phi) is 6.95. The number of anilines is 1. The number of carbonyl (C=O) groups is 2. The van der Waals surface area contributed by atoms with Crippen molar-refractivity contribution < 1.29 is 9.59 Å². The van der Waals surface area contributed by atoms with Gasteiger partial charge in [0.1, 0.15) is 11.6 Å². The molecule has 2 N–H and O–H groups in total. The molecule has 0 saturated carbocycles. The predicted octanol–water partition coefficient (Wildman–Crippen LogP) is 3.72. The van der Waals surface area contributed by atoms with Gasteiger partial charge in [-0.15, -0.1) is 0 Å². The molecular formula is C20H18ClN3O2. The summed E-state index contributed by atoms with van der Waals surface area (Å²) in [5.41, 5.74) is 2.14. The smallest absolute Gasteiger partial charge is 0.267 e. The Morgan fingerprint density at radius 3 is 2.35 bits per heavy atom. The number of amides is 1. The lowest BCUT2D eigenvalue weighted by Gasteiger charge is -2.06. The maximum atomic E-state index is 12.1. The lowest BCUT2D eigenvalue weighted by Crippen LogP contribution is -2.18. The van der Waals surface area contributed by atoms with Crippen molar-refractivity contribution in [3.05, 3.63) is 76.5 Å². The normalized spacial score (nSPS) is 10.7. The van der Waals surface area contributed by atoms with E-state index < -0.39 is 5.91 Å². The van der Waals surface area contributed by atoms with Gasteiger partial charge in [0.2, 0.25) is 0 Å². The van der Waals surface area contributed by atoms with E-state index >= 15 is 0 Å². The minimum Gasteiger partial charge on any atom is -0.389 e. The van der Waals surface area contributed by atoms with Gasteiger partial charge >= 0.3 is 0 Å². The SMILES string of the molecule is CC(=O)c1ccc(NC(=O)/C(C#N)=C\NCCc2ccc(Cl)cc2)cc1. The maximum Gasteiger partial charge on any atom is 0.267 e. The van der Waals surface area contributed by atoms with Crippen molar-refractivity contribution in [3.8, 4) is 6.07 Å². The number of halogens is 1. The van der Waals surface area contributed by atoms with E-state index in [1.54, 1.807) is 24.3 Å². The van der Waals surface area contributed by atoms with Crippen molar-refractivity contribution in [2.45, 2.75) is 13.3 Å². The quantitative estimate of drug-likeness (QED) is 0.338. The highest BCUT2D eigenvalue weighted by atomic mass is 35.5. The van der Waals surface area contributed by atoms with Crippen molar-refractivity contribution in [1.82, 2.24) is 5.32 Å². The Morgan fingerprint density at radius 2 is 1.77 bits per heavy atom. The molecule has 0 aromatic heterocycles. The molecule has 0 saturated heterocycles. The van der Waals surface area contributed by atoms with Crippen LogP contribution in [0.3, 0.4) is 0 Å². The number of nitrogens with one attached hydrogen (secondary N) is 2. The Labute approximate surface area is 157 Å². The van der Waals surface area contributed by atoms with Crippen LogP contribution in [-0.2, 0) is 11.2 Å². The average molecular weight is 368 g/mol. The van der Waals surface area contributed by atoms with E-state index in [9.17, 15) is 9.59 Å². The molecule has 0 heterocycles. The Hall–Kier alpha value is -3.10. The van der Waals surface area contributed by atoms with Crippen LogP contribution in [0, 0.1) is 11.3 Å². The first kappa shape index (κ1) is 19.2. The zero-order valence-electron chi connectivity index (χ0n) is 14.3. The molecule has 6 heteroatoms. The molecule has 2 rings (SSSR count). The van der Waals surface area contributed by atoms with E-state index in [1.165, 1.54) is 13.1 Å². The molecule has 0 bridgehead atoms. The summed E-state index contributed by atoms with van der Waals surface area (Å²) in [6, 6.07) is 15.9. The highest BCUT2D eigenvalue weighted by Gasteiger charge is 2.09. The molecule has 26 heavy (non-hydrogen) atoms. The molecule has 0 unspecified atom stereocenters. The van der Waals surface area contributed by atoms with Crippen molar-refractivity contribution in [1.29, 1.82) is 5.26 Å².